The van der Waals surface area contributed by atoms with Gasteiger partial charge in [-0.1, -0.05) is 0 Å². The highest BCUT2D eigenvalue weighted by Gasteiger charge is 2.29. The van der Waals surface area contributed by atoms with Crippen molar-refractivity contribution in [2.45, 2.75) is 12.8 Å². The van der Waals surface area contributed by atoms with E-state index < -0.39 is 0 Å². The highest BCUT2D eigenvalue weighted by molar-refractivity contribution is 6.05. The Morgan fingerprint density at radius 3 is 2.83 bits per heavy atom. The number of aromatic nitrogens is 4. The monoisotopic (exact) mass is 319 g/mol. The molecule has 6 heteroatoms. The van der Waals surface area contributed by atoms with Crippen molar-refractivity contribution in [3.63, 3.8) is 0 Å². The van der Waals surface area contributed by atoms with E-state index in [1.807, 2.05) is 30.5 Å². The summed E-state index contributed by atoms with van der Waals surface area (Å²) >= 11 is 0. The van der Waals surface area contributed by atoms with E-state index in [9.17, 15) is 4.79 Å². The number of nitrogens with zero attached hydrogens (tertiary/aromatic N) is 5. The van der Waals surface area contributed by atoms with E-state index in [2.05, 4.69) is 15.1 Å². The molecule has 0 radical (unpaired) electrons. The van der Waals surface area contributed by atoms with Gasteiger partial charge in [-0.3, -0.25) is 14.8 Å². The summed E-state index contributed by atoms with van der Waals surface area (Å²) in [7, 11) is 0. The summed E-state index contributed by atoms with van der Waals surface area (Å²) in [6, 6.07) is 9.20. The Labute approximate surface area is 139 Å². The van der Waals surface area contributed by atoms with Gasteiger partial charge in [0.15, 0.2) is 0 Å². The first-order chi connectivity index (χ1) is 11.8. The van der Waals surface area contributed by atoms with Crippen molar-refractivity contribution < 1.29 is 4.79 Å². The molecule has 1 aliphatic carbocycles. The van der Waals surface area contributed by atoms with Crippen LogP contribution in [0.15, 0.2) is 61.3 Å². The lowest BCUT2D eigenvalue weighted by molar-refractivity contribution is 0.0981. The second-order valence-corrected chi connectivity index (χ2v) is 5.92. The molecular formula is C18H17N5O. The normalized spacial score (nSPS) is 13.7. The summed E-state index contributed by atoms with van der Waals surface area (Å²) in [5.41, 5.74) is 2.03. The molecule has 0 aromatic carbocycles. The van der Waals surface area contributed by atoms with E-state index in [0.717, 1.165) is 11.4 Å². The van der Waals surface area contributed by atoms with Gasteiger partial charge >= 0.3 is 0 Å². The number of anilines is 1. The number of carbonyl (C=O) groups is 1. The van der Waals surface area contributed by atoms with Crippen molar-refractivity contribution in [1.82, 2.24) is 19.7 Å². The number of rotatable bonds is 5. The summed E-state index contributed by atoms with van der Waals surface area (Å²) in [5, 5.41) is 4.20. The van der Waals surface area contributed by atoms with Gasteiger partial charge in [0.05, 0.1) is 17.6 Å². The molecule has 1 saturated carbocycles. The van der Waals surface area contributed by atoms with Gasteiger partial charge in [-0.2, -0.15) is 5.10 Å². The molecule has 4 rings (SSSR count). The minimum absolute atomic E-state index is 0.107. The molecule has 0 unspecified atom stereocenters. The number of pyridine rings is 2. The van der Waals surface area contributed by atoms with Gasteiger partial charge in [0, 0.05) is 31.3 Å². The molecule has 24 heavy (non-hydrogen) atoms. The molecule has 1 aliphatic rings. The standard InChI is InChI=1S/C18H17N5O/c24-18(17-11-15(6-9-20-17)23-10-2-8-21-23)22(13-14-4-5-14)16-3-1-7-19-12-16/h1-3,6-12,14H,4-5,13H2. The third kappa shape index (κ3) is 3.03. The highest BCUT2D eigenvalue weighted by atomic mass is 16.2. The first-order valence-electron chi connectivity index (χ1n) is 7.99. The van der Waals surface area contributed by atoms with Crippen LogP contribution in [0.5, 0.6) is 0 Å². The van der Waals surface area contributed by atoms with Gasteiger partial charge in [-0.25, -0.2) is 4.68 Å². The fourth-order valence-corrected chi connectivity index (χ4v) is 2.62. The Hall–Kier alpha value is -3.02. The Morgan fingerprint density at radius 1 is 1.21 bits per heavy atom. The molecule has 1 fully saturated rings. The van der Waals surface area contributed by atoms with Gasteiger partial charge < -0.3 is 4.90 Å². The Bertz CT molecular complexity index is 828. The summed E-state index contributed by atoms with van der Waals surface area (Å²) in [5.74, 6) is 0.465. The van der Waals surface area contributed by atoms with Gasteiger partial charge in [-0.05, 0) is 49.1 Å². The van der Waals surface area contributed by atoms with Gasteiger partial charge in [-0.15, -0.1) is 0 Å². The second-order valence-electron chi connectivity index (χ2n) is 5.92. The number of hydrogen-bond donors (Lipinski definition) is 0. The molecule has 0 bridgehead atoms. The van der Waals surface area contributed by atoms with E-state index in [-0.39, 0.29) is 5.91 Å². The third-order valence-electron chi connectivity index (χ3n) is 4.07. The molecule has 120 valence electrons. The van der Waals surface area contributed by atoms with Crippen LogP contribution in [0, 0.1) is 5.92 Å². The molecule has 3 aromatic heterocycles. The summed E-state index contributed by atoms with van der Waals surface area (Å²) in [6.45, 7) is 0.707. The number of hydrogen-bond acceptors (Lipinski definition) is 4. The smallest absolute Gasteiger partial charge is 0.276 e. The Balaban J connectivity index is 1.66. The quantitative estimate of drug-likeness (QED) is 0.725. The average Bonchev–Trinajstić information content (AvgIpc) is 3.29. The van der Waals surface area contributed by atoms with Crippen LogP contribution in [0.3, 0.4) is 0 Å². The lowest BCUT2D eigenvalue weighted by Gasteiger charge is -2.22. The highest BCUT2D eigenvalue weighted by Crippen LogP contribution is 2.31. The molecular weight excluding hydrogens is 302 g/mol. The molecule has 0 N–H and O–H groups in total. The topological polar surface area (TPSA) is 63.9 Å². The Kier molecular flexibility index (Phi) is 3.78. The fraction of sp³-hybridized carbons (Fsp3) is 0.222. The van der Waals surface area contributed by atoms with Gasteiger partial charge in [0.1, 0.15) is 5.69 Å². The van der Waals surface area contributed by atoms with Crippen LogP contribution in [0.25, 0.3) is 5.69 Å². The minimum Gasteiger partial charge on any atom is -0.305 e. The zero-order valence-electron chi connectivity index (χ0n) is 13.1. The van der Waals surface area contributed by atoms with Crippen LogP contribution in [0.4, 0.5) is 5.69 Å². The van der Waals surface area contributed by atoms with Crippen molar-refractivity contribution in [2.75, 3.05) is 11.4 Å². The Morgan fingerprint density at radius 2 is 2.12 bits per heavy atom. The molecule has 1 amide bonds. The van der Waals surface area contributed by atoms with Crippen molar-refractivity contribution in [2.24, 2.45) is 5.92 Å². The van der Waals surface area contributed by atoms with Crippen LogP contribution in [-0.4, -0.2) is 32.2 Å². The summed E-state index contributed by atoms with van der Waals surface area (Å²) in [4.78, 5) is 23.2. The van der Waals surface area contributed by atoms with Crippen LogP contribution in [-0.2, 0) is 0 Å². The first kappa shape index (κ1) is 14.6. The van der Waals surface area contributed by atoms with E-state index in [0.29, 0.717) is 18.2 Å². The van der Waals surface area contributed by atoms with Crippen LogP contribution in [0.2, 0.25) is 0 Å². The average molecular weight is 319 g/mol. The third-order valence-corrected chi connectivity index (χ3v) is 4.07. The maximum atomic E-state index is 13.0. The lowest BCUT2D eigenvalue weighted by Crippen LogP contribution is -2.33. The molecule has 3 heterocycles. The van der Waals surface area contributed by atoms with Crippen molar-refractivity contribution in [1.29, 1.82) is 0 Å². The fourth-order valence-electron chi connectivity index (χ4n) is 2.62. The maximum absolute atomic E-state index is 13.0. The zero-order valence-corrected chi connectivity index (χ0v) is 13.1. The molecule has 0 spiro atoms. The predicted octanol–water partition coefficient (Wildman–Crippen LogP) is 2.72. The second kappa shape index (κ2) is 6.23. The number of amides is 1. The molecule has 6 nitrogen and oxygen atoms in total. The number of carbonyl (C=O) groups excluding carboxylic acids is 1. The largest absolute Gasteiger partial charge is 0.305 e. The lowest BCUT2D eigenvalue weighted by atomic mass is 10.2. The van der Waals surface area contributed by atoms with Gasteiger partial charge in [0.25, 0.3) is 5.91 Å². The van der Waals surface area contributed by atoms with E-state index in [1.54, 1.807) is 40.4 Å². The van der Waals surface area contributed by atoms with Crippen LogP contribution < -0.4 is 4.90 Å². The van der Waals surface area contributed by atoms with Crippen molar-refractivity contribution in [3.8, 4) is 5.69 Å². The first-order valence-corrected chi connectivity index (χ1v) is 7.99. The SMILES string of the molecule is O=C(c1cc(-n2cccn2)ccn1)N(CC1CC1)c1cccnc1. The van der Waals surface area contributed by atoms with Gasteiger partial charge in [0.2, 0.25) is 0 Å². The maximum Gasteiger partial charge on any atom is 0.276 e. The zero-order chi connectivity index (χ0) is 16.4. The van der Waals surface area contributed by atoms with Crippen LogP contribution >= 0.6 is 0 Å². The summed E-state index contributed by atoms with van der Waals surface area (Å²) < 4.78 is 1.72. The van der Waals surface area contributed by atoms with E-state index in [1.165, 1.54) is 12.8 Å². The molecule has 0 saturated heterocycles. The van der Waals surface area contributed by atoms with Crippen LogP contribution in [0.1, 0.15) is 23.3 Å². The predicted molar refractivity (Wildman–Crippen MR) is 90.0 cm³/mol. The van der Waals surface area contributed by atoms with Crippen molar-refractivity contribution >= 4 is 11.6 Å². The van der Waals surface area contributed by atoms with E-state index in [4.69, 9.17) is 0 Å². The van der Waals surface area contributed by atoms with E-state index >= 15 is 0 Å². The summed E-state index contributed by atoms with van der Waals surface area (Å²) in [6.07, 6.45) is 11.0. The molecule has 3 aromatic rings. The minimum atomic E-state index is -0.107. The molecule has 0 atom stereocenters. The van der Waals surface area contributed by atoms with Crippen molar-refractivity contribution in [3.05, 3.63) is 67.0 Å². The molecule has 0 aliphatic heterocycles.